The molecule has 1 saturated heterocycles. The Labute approximate surface area is 234 Å². The normalized spacial score (nSPS) is 16.5. The number of ether oxygens (including phenoxy) is 1. The molecular weight excluding hydrogens is 530 g/mol. The van der Waals surface area contributed by atoms with Crippen LogP contribution in [-0.2, 0) is 16.0 Å². The van der Waals surface area contributed by atoms with Crippen molar-refractivity contribution in [1.29, 1.82) is 0 Å². The largest absolute Gasteiger partial charge is 0.497 e. The minimum absolute atomic E-state index is 0.0405. The van der Waals surface area contributed by atoms with Gasteiger partial charge in [-0.25, -0.2) is 0 Å². The van der Waals surface area contributed by atoms with Crippen LogP contribution in [0.3, 0.4) is 0 Å². The number of amides is 5. The third kappa shape index (κ3) is 5.39. The molecule has 0 unspecified atom stereocenters. The minimum Gasteiger partial charge on any atom is -0.497 e. The molecule has 5 rings (SSSR count). The standard InChI is InChI=1S/C30H25N3O6S/c1-39-21-13-11-20(12-14-21)18-25-29(37)32(30(38)40-25)16-15-31-26(34)24(17-19-7-3-2-4-8-19)33-27(35)22-9-5-6-10-23(22)28(33)36/h2-14,18,24H,15-17H2,1H3,(H,31,34)/b25-18+/t24-/m1/s1. The Morgan fingerprint density at radius 1 is 0.875 bits per heavy atom. The third-order valence-corrected chi connectivity index (χ3v) is 7.54. The highest BCUT2D eigenvalue weighted by atomic mass is 32.2. The minimum atomic E-state index is -1.11. The van der Waals surface area contributed by atoms with Gasteiger partial charge in [0.1, 0.15) is 11.8 Å². The molecule has 202 valence electrons. The first-order chi connectivity index (χ1) is 19.4. The SMILES string of the molecule is COc1ccc(/C=C2/SC(=O)N(CCNC(=O)[C@@H](Cc3ccccc3)N3C(=O)c4ccccc4C3=O)C2=O)cc1. The molecule has 2 aliphatic heterocycles. The number of benzene rings is 3. The van der Waals surface area contributed by atoms with Crippen LogP contribution in [0.25, 0.3) is 6.08 Å². The number of carbonyl (C=O) groups excluding carboxylic acids is 5. The third-order valence-electron chi connectivity index (χ3n) is 6.63. The highest BCUT2D eigenvalue weighted by Gasteiger charge is 2.43. The van der Waals surface area contributed by atoms with Crippen molar-refractivity contribution in [2.75, 3.05) is 20.2 Å². The van der Waals surface area contributed by atoms with Gasteiger partial charge in [0.15, 0.2) is 0 Å². The monoisotopic (exact) mass is 555 g/mol. The molecule has 2 aliphatic rings. The van der Waals surface area contributed by atoms with E-state index >= 15 is 0 Å². The molecule has 0 radical (unpaired) electrons. The smallest absolute Gasteiger partial charge is 0.293 e. The van der Waals surface area contributed by atoms with E-state index in [1.165, 1.54) is 0 Å². The number of methoxy groups -OCH3 is 1. The lowest BCUT2D eigenvalue weighted by molar-refractivity contribution is -0.126. The number of hydrogen-bond acceptors (Lipinski definition) is 7. The van der Waals surface area contributed by atoms with Crippen LogP contribution in [0.5, 0.6) is 5.75 Å². The van der Waals surface area contributed by atoms with Crippen LogP contribution < -0.4 is 10.1 Å². The first kappa shape index (κ1) is 26.9. The van der Waals surface area contributed by atoms with Crippen molar-refractivity contribution in [2.24, 2.45) is 0 Å². The number of thioether (sulfide) groups is 1. The van der Waals surface area contributed by atoms with E-state index in [1.807, 2.05) is 30.3 Å². The van der Waals surface area contributed by atoms with Gasteiger partial charge in [0.2, 0.25) is 5.91 Å². The highest BCUT2D eigenvalue weighted by molar-refractivity contribution is 8.18. The van der Waals surface area contributed by atoms with E-state index in [4.69, 9.17) is 4.74 Å². The second-order valence-corrected chi connectivity index (χ2v) is 10.1. The van der Waals surface area contributed by atoms with E-state index in [0.29, 0.717) is 5.75 Å². The summed E-state index contributed by atoms with van der Waals surface area (Å²) in [5.74, 6) is -1.41. The van der Waals surface area contributed by atoms with Gasteiger partial charge in [-0.15, -0.1) is 0 Å². The van der Waals surface area contributed by atoms with Gasteiger partial charge >= 0.3 is 0 Å². The zero-order valence-corrected chi connectivity index (χ0v) is 22.4. The van der Waals surface area contributed by atoms with Crippen molar-refractivity contribution in [2.45, 2.75) is 12.5 Å². The summed E-state index contributed by atoms with van der Waals surface area (Å²) in [6.45, 7) is -0.0995. The molecule has 0 bridgehead atoms. The Morgan fingerprint density at radius 2 is 1.50 bits per heavy atom. The summed E-state index contributed by atoms with van der Waals surface area (Å²) in [5, 5.41) is 2.27. The van der Waals surface area contributed by atoms with Crippen LogP contribution in [-0.4, -0.2) is 64.9 Å². The number of rotatable bonds is 9. The molecular formula is C30H25N3O6S. The predicted octanol–water partition coefficient (Wildman–Crippen LogP) is 3.76. The molecule has 10 heteroatoms. The molecule has 0 spiro atoms. The lowest BCUT2D eigenvalue weighted by atomic mass is 10.0. The number of nitrogens with one attached hydrogen (secondary N) is 1. The first-order valence-corrected chi connectivity index (χ1v) is 13.4. The van der Waals surface area contributed by atoms with Crippen LogP contribution in [0.4, 0.5) is 4.79 Å². The van der Waals surface area contributed by atoms with E-state index in [0.717, 1.165) is 32.7 Å². The molecule has 0 saturated carbocycles. The molecule has 0 aromatic heterocycles. The van der Waals surface area contributed by atoms with Crippen molar-refractivity contribution in [3.63, 3.8) is 0 Å². The predicted molar refractivity (Wildman–Crippen MR) is 150 cm³/mol. The Morgan fingerprint density at radius 3 is 2.12 bits per heavy atom. The van der Waals surface area contributed by atoms with E-state index in [2.05, 4.69) is 5.32 Å². The molecule has 9 nitrogen and oxygen atoms in total. The topological polar surface area (TPSA) is 113 Å². The summed E-state index contributed by atoms with van der Waals surface area (Å²) in [6, 6.07) is 21.5. The molecule has 1 atom stereocenters. The van der Waals surface area contributed by atoms with Crippen molar-refractivity contribution < 1.29 is 28.7 Å². The van der Waals surface area contributed by atoms with E-state index in [-0.39, 0.29) is 35.5 Å². The summed E-state index contributed by atoms with van der Waals surface area (Å²) in [7, 11) is 1.56. The van der Waals surface area contributed by atoms with Gasteiger partial charge in [-0.05, 0) is 53.2 Å². The summed E-state index contributed by atoms with van der Waals surface area (Å²) < 4.78 is 5.14. The van der Waals surface area contributed by atoms with Gasteiger partial charge in [0.05, 0.1) is 23.1 Å². The summed E-state index contributed by atoms with van der Waals surface area (Å²) >= 11 is 0.824. The Balaban J connectivity index is 1.27. The fourth-order valence-corrected chi connectivity index (χ4v) is 5.45. The van der Waals surface area contributed by atoms with Crippen molar-refractivity contribution >= 4 is 46.7 Å². The van der Waals surface area contributed by atoms with Gasteiger partial charge < -0.3 is 10.1 Å². The molecule has 40 heavy (non-hydrogen) atoms. The van der Waals surface area contributed by atoms with E-state index in [9.17, 15) is 24.0 Å². The maximum Gasteiger partial charge on any atom is 0.293 e. The van der Waals surface area contributed by atoms with Gasteiger partial charge in [0, 0.05) is 19.5 Å². The van der Waals surface area contributed by atoms with Crippen LogP contribution in [0.2, 0.25) is 0 Å². The van der Waals surface area contributed by atoms with Gasteiger partial charge in [-0.1, -0.05) is 54.6 Å². The van der Waals surface area contributed by atoms with Crippen molar-refractivity contribution in [3.8, 4) is 5.75 Å². The van der Waals surface area contributed by atoms with Crippen molar-refractivity contribution in [3.05, 3.63) is 106 Å². The number of imide groups is 2. The summed E-state index contributed by atoms with van der Waals surface area (Å²) in [4.78, 5) is 67.5. The van der Waals surface area contributed by atoms with Crippen LogP contribution >= 0.6 is 11.8 Å². The molecule has 3 aromatic carbocycles. The van der Waals surface area contributed by atoms with E-state index in [1.54, 1.807) is 61.7 Å². The Bertz CT molecular complexity index is 1480. The summed E-state index contributed by atoms with van der Waals surface area (Å²) in [6.07, 6.45) is 1.74. The Hall–Kier alpha value is -4.70. The van der Waals surface area contributed by atoms with Gasteiger partial charge in [-0.2, -0.15) is 0 Å². The maximum atomic E-state index is 13.4. The lowest BCUT2D eigenvalue weighted by Crippen LogP contribution is -2.51. The lowest BCUT2D eigenvalue weighted by Gasteiger charge is -2.26. The average molecular weight is 556 g/mol. The molecule has 3 aromatic rings. The molecule has 1 fully saturated rings. The van der Waals surface area contributed by atoms with E-state index < -0.39 is 34.9 Å². The quantitative estimate of drug-likeness (QED) is 0.316. The second kappa shape index (κ2) is 11.6. The average Bonchev–Trinajstić information content (AvgIpc) is 3.39. The van der Waals surface area contributed by atoms with Crippen LogP contribution in [0.15, 0.2) is 83.8 Å². The zero-order valence-electron chi connectivity index (χ0n) is 21.5. The number of carbonyl (C=O) groups is 5. The van der Waals surface area contributed by atoms with Crippen LogP contribution in [0, 0.1) is 0 Å². The Kier molecular flexibility index (Phi) is 7.79. The van der Waals surface area contributed by atoms with Crippen LogP contribution in [0.1, 0.15) is 31.8 Å². The van der Waals surface area contributed by atoms with Crippen molar-refractivity contribution in [1.82, 2.24) is 15.1 Å². The second-order valence-electron chi connectivity index (χ2n) is 9.13. The zero-order chi connectivity index (χ0) is 28.2. The molecule has 5 amide bonds. The van der Waals surface area contributed by atoms with Gasteiger partial charge in [-0.3, -0.25) is 33.8 Å². The molecule has 2 heterocycles. The molecule has 0 aliphatic carbocycles. The number of fused-ring (bicyclic) bond motifs is 1. The number of nitrogens with zero attached hydrogens (tertiary/aromatic N) is 2. The maximum absolute atomic E-state index is 13.4. The summed E-state index contributed by atoms with van der Waals surface area (Å²) in [5.41, 5.74) is 2.01. The first-order valence-electron chi connectivity index (χ1n) is 12.6. The fourth-order valence-electron chi connectivity index (χ4n) is 4.58. The highest BCUT2D eigenvalue weighted by Crippen LogP contribution is 2.32. The molecule has 1 N–H and O–H groups in total. The number of hydrogen-bond donors (Lipinski definition) is 1. The van der Waals surface area contributed by atoms with Gasteiger partial charge in [0.25, 0.3) is 23.0 Å². The fraction of sp³-hybridized carbons (Fsp3) is 0.167.